The maximum atomic E-state index is 11.0. The van der Waals surface area contributed by atoms with Gasteiger partial charge in [-0.3, -0.25) is 4.79 Å². The highest BCUT2D eigenvalue weighted by Gasteiger charge is 2.02. The van der Waals surface area contributed by atoms with E-state index in [-0.39, 0.29) is 11.2 Å². The average Bonchev–Trinajstić information content (AvgIpc) is 2.13. The lowest BCUT2D eigenvalue weighted by Gasteiger charge is -2.06. The minimum Gasteiger partial charge on any atom is -0.491 e. The van der Waals surface area contributed by atoms with Crippen molar-refractivity contribution in [3.8, 4) is 5.75 Å². The molecule has 0 aliphatic heterocycles. The van der Waals surface area contributed by atoms with Crippen LogP contribution >= 0.6 is 0 Å². The van der Waals surface area contributed by atoms with Crippen LogP contribution in [-0.2, 0) is 0 Å². The minimum absolute atomic E-state index is 0.151. The summed E-state index contributed by atoms with van der Waals surface area (Å²) in [6.07, 6.45) is 3.55. The maximum Gasteiger partial charge on any atom is 0.274 e. The Kier molecular flexibility index (Phi) is 3.37. The average molecular weight is 182 g/mol. The molecule has 0 spiro atoms. The van der Waals surface area contributed by atoms with Gasteiger partial charge in [0, 0.05) is 6.20 Å². The molecule has 1 aromatic rings. The molecular formula is C9H14N2O2. The van der Waals surface area contributed by atoms with Crippen LogP contribution in [0.5, 0.6) is 5.75 Å². The smallest absolute Gasteiger partial charge is 0.274 e. The third-order valence-corrected chi connectivity index (χ3v) is 1.71. The van der Waals surface area contributed by atoms with Gasteiger partial charge >= 0.3 is 0 Å². The first-order valence-corrected chi connectivity index (χ1v) is 4.35. The van der Waals surface area contributed by atoms with Gasteiger partial charge in [-0.15, -0.1) is 0 Å². The Labute approximate surface area is 76.7 Å². The van der Waals surface area contributed by atoms with Crippen LogP contribution in [0.1, 0.15) is 19.8 Å². The van der Waals surface area contributed by atoms with Gasteiger partial charge in [-0.1, -0.05) is 13.3 Å². The summed E-state index contributed by atoms with van der Waals surface area (Å²) in [6.45, 7) is 2.68. The second-order valence-corrected chi connectivity index (χ2v) is 2.79. The topological polar surface area (TPSA) is 68.1 Å². The van der Waals surface area contributed by atoms with Crippen LogP contribution in [0.25, 0.3) is 0 Å². The van der Waals surface area contributed by atoms with E-state index in [9.17, 15) is 4.79 Å². The van der Waals surface area contributed by atoms with E-state index in [2.05, 4.69) is 11.9 Å². The Morgan fingerprint density at radius 1 is 1.62 bits per heavy atom. The molecule has 0 saturated heterocycles. The highest BCUT2D eigenvalue weighted by atomic mass is 16.5. The highest BCUT2D eigenvalue weighted by Crippen LogP contribution is 2.14. The molecule has 0 aliphatic carbocycles. The number of rotatable bonds is 4. The van der Waals surface area contributed by atoms with E-state index < -0.39 is 0 Å². The fourth-order valence-electron chi connectivity index (χ4n) is 0.925. The first kappa shape index (κ1) is 9.64. The molecule has 0 saturated carbocycles. The van der Waals surface area contributed by atoms with Crippen LogP contribution in [0, 0.1) is 0 Å². The summed E-state index contributed by atoms with van der Waals surface area (Å²) in [5.41, 5.74) is 5.35. The molecule has 1 aromatic heterocycles. The largest absolute Gasteiger partial charge is 0.491 e. The van der Waals surface area contributed by atoms with E-state index in [1.165, 1.54) is 6.20 Å². The second kappa shape index (κ2) is 4.54. The van der Waals surface area contributed by atoms with E-state index in [4.69, 9.17) is 10.5 Å². The van der Waals surface area contributed by atoms with Crippen molar-refractivity contribution in [3.05, 3.63) is 22.6 Å². The molecule has 0 bridgehead atoms. The number of aromatic amines is 1. The van der Waals surface area contributed by atoms with E-state index in [1.807, 2.05) is 0 Å². The molecule has 3 N–H and O–H groups in total. The van der Waals surface area contributed by atoms with Crippen LogP contribution in [0.2, 0.25) is 0 Å². The zero-order chi connectivity index (χ0) is 9.68. The minimum atomic E-state index is -0.297. The standard InChI is InChI=1S/C9H14N2O2/c1-2-3-6-13-7-4-5-11-9(12)8(7)10/h4-5H,2-3,6,10H2,1H3,(H,11,12). The van der Waals surface area contributed by atoms with Crippen molar-refractivity contribution in [1.29, 1.82) is 0 Å². The van der Waals surface area contributed by atoms with Gasteiger partial charge in [0.25, 0.3) is 5.56 Å². The van der Waals surface area contributed by atoms with Crippen molar-refractivity contribution >= 4 is 5.69 Å². The second-order valence-electron chi connectivity index (χ2n) is 2.79. The lowest BCUT2D eigenvalue weighted by atomic mass is 10.3. The first-order chi connectivity index (χ1) is 6.25. The van der Waals surface area contributed by atoms with Crippen LogP contribution < -0.4 is 16.0 Å². The van der Waals surface area contributed by atoms with Crippen LogP contribution in [-0.4, -0.2) is 11.6 Å². The molecule has 0 amide bonds. The lowest BCUT2D eigenvalue weighted by molar-refractivity contribution is 0.310. The third-order valence-electron chi connectivity index (χ3n) is 1.71. The quantitative estimate of drug-likeness (QED) is 0.686. The molecule has 0 radical (unpaired) electrons. The number of nitrogens with one attached hydrogen (secondary N) is 1. The summed E-state index contributed by atoms with van der Waals surface area (Å²) in [4.78, 5) is 13.5. The third kappa shape index (κ3) is 2.50. The summed E-state index contributed by atoms with van der Waals surface area (Å²) < 4.78 is 5.31. The summed E-state index contributed by atoms with van der Waals surface area (Å²) >= 11 is 0. The van der Waals surface area contributed by atoms with Crippen molar-refractivity contribution in [1.82, 2.24) is 4.98 Å². The van der Waals surface area contributed by atoms with E-state index in [0.29, 0.717) is 12.4 Å². The molecule has 0 aliphatic rings. The number of H-pyrrole nitrogens is 1. The lowest BCUT2D eigenvalue weighted by Crippen LogP contribution is -2.13. The predicted octanol–water partition coefficient (Wildman–Crippen LogP) is 1.14. The van der Waals surface area contributed by atoms with E-state index in [0.717, 1.165) is 12.8 Å². The number of hydrogen-bond acceptors (Lipinski definition) is 3. The number of pyridine rings is 1. The van der Waals surface area contributed by atoms with Gasteiger partial charge < -0.3 is 15.5 Å². The Morgan fingerprint density at radius 2 is 2.38 bits per heavy atom. The van der Waals surface area contributed by atoms with Gasteiger partial charge in [-0.05, 0) is 12.5 Å². The van der Waals surface area contributed by atoms with Gasteiger partial charge in [-0.2, -0.15) is 0 Å². The van der Waals surface area contributed by atoms with Crippen LogP contribution in [0.4, 0.5) is 5.69 Å². The van der Waals surface area contributed by atoms with Crippen molar-refractivity contribution in [2.75, 3.05) is 12.3 Å². The number of hydrogen-bond donors (Lipinski definition) is 2. The number of unbranched alkanes of at least 4 members (excludes halogenated alkanes) is 1. The fourth-order valence-corrected chi connectivity index (χ4v) is 0.925. The molecular weight excluding hydrogens is 168 g/mol. The van der Waals surface area contributed by atoms with Crippen molar-refractivity contribution in [3.63, 3.8) is 0 Å². The number of nitrogens with two attached hydrogens (primary N) is 1. The molecule has 0 atom stereocenters. The van der Waals surface area contributed by atoms with Gasteiger partial charge in [0.15, 0.2) is 0 Å². The van der Waals surface area contributed by atoms with Crippen molar-refractivity contribution in [2.45, 2.75) is 19.8 Å². The highest BCUT2D eigenvalue weighted by molar-refractivity contribution is 5.49. The Balaban J connectivity index is 2.66. The fraction of sp³-hybridized carbons (Fsp3) is 0.444. The molecule has 13 heavy (non-hydrogen) atoms. The van der Waals surface area contributed by atoms with Gasteiger partial charge in [-0.25, -0.2) is 0 Å². The van der Waals surface area contributed by atoms with Crippen molar-refractivity contribution in [2.24, 2.45) is 0 Å². The molecule has 1 rings (SSSR count). The number of anilines is 1. The van der Waals surface area contributed by atoms with Crippen LogP contribution in [0.3, 0.4) is 0 Å². The monoisotopic (exact) mass is 182 g/mol. The zero-order valence-electron chi connectivity index (χ0n) is 7.67. The van der Waals surface area contributed by atoms with Gasteiger partial charge in [0.05, 0.1) is 6.61 Å². The molecule has 4 heteroatoms. The molecule has 72 valence electrons. The molecule has 1 heterocycles. The summed E-state index contributed by atoms with van der Waals surface area (Å²) in [7, 11) is 0. The summed E-state index contributed by atoms with van der Waals surface area (Å²) in [5.74, 6) is 0.470. The SMILES string of the molecule is CCCCOc1cc[nH]c(=O)c1N. The van der Waals surface area contributed by atoms with Crippen molar-refractivity contribution < 1.29 is 4.74 Å². The summed E-state index contributed by atoms with van der Waals surface area (Å²) in [6, 6.07) is 1.66. The van der Waals surface area contributed by atoms with Gasteiger partial charge in [0.1, 0.15) is 11.4 Å². The first-order valence-electron chi connectivity index (χ1n) is 4.35. The number of nitrogen functional groups attached to an aromatic ring is 1. The van der Waals surface area contributed by atoms with E-state index in [1.54, 1.807) is 6.07 Å². The Bertz CT molecular complexity index is 320. The molecule has 0 aromatic carbocycles. The molecule has 4 nitrogen and oxygen atoms in total. The summed E-state index contributed by atoms with van der Waals surface area (Å²) in [5, 5.41) is 0. The molecule has 0 unspecified atom stereocenters. The van der Waals surface area contributed by atoms with Crippen LogP contribution in [0.15, 0.2) is 17.1 Å². The normalized spacial score (nSPS) is 9.92. The van der Waals surface area contributed by atoms with E-state index >= 15 is 0 Å². The molecule has 0 fully saturated rings. The number of aromatic nitrogens is 1. The predicted molar refractivity (Wildman–Crippen MR) is 51.9 cm³/mol. The Morgan fingerprint density at radius 3 is 3.08 bits per heavy atom. The zero-order valence-corrected chi connectivity index (χ0v) is 7.67. The Hall–Kier alpha value is -1.45. The number of ether oxygens (including phenoxy) is 1. The maximum absolute atomic E-state index is 11.0. The van der Waals surface area contributed by atoms with Gasteiger partial charge in [0.2, 0.25) is 0 Å².